The smallest absolute Gasteiger partial charge is 0.339 e. The summed E-state index contributed by atoms with van der Waals surface area (Å²) in [6, 6.07) is 8.33. The third-order valence-corrected chi connectivity index (χ3v) is 4.37. The van der Waals surface area contributed by atoms with Crippen molar-refractivity contribution in [2.45, 2.75) is 4.90 Å². The summed E-state index contributed by atoms with van der Waals surface area (Å²) in [5, 5.41) is 0.240. The Morgan fingerprint density at radius 3 is 2.41 bits per heavy atom. The van der Waals surface area contributed by atoms with E-state index in [1.54, 1.807) is 0 Å². The summed E-state index contributed by atoms with van der Waals surface area (Å²) in [5.74, 6) is -1.27. The molecular weight excluding hydrogens is 333 g/mol. The van der Waals surface area contributed by atoms with Crippen molar-refractivity contribution in [1.29, 1.82) is 0 Å². The molecule has 0 fully saturated rings. The number of carbonyl (C=O) groups excluding carboxylic acids is 1. The summed E-state index contributed by atoms with van der Waals surface area (Å²) < 4.78 is 44.2. The molecule has 0 radical (unpaired) electrons. The van der Waals surface area contributed by atoms with Crippen molar-refractivity contribution in [3.8, 4) is 0 Å². The molecule has 0 aliphatic carbocycles. The summed E-state index contributed by atoms with van der Waals surface area (Å²) in [7, 11) is -2.82. The van der Waals surface area contributed by atoms with E-state index >= 15 is 0 Å². The van der Waals surface area contributed by atoms with Gasteiger partial charge in [0.05, 0.1) is 23.3 Å². The molecule has 0 saturated heterocycles. The Kier molecular flexibility index (Phi) is 4.68. The van der Waals surface area contributed by atoms with Gasteiger partial charge in [0.2, 0.25) is 0 Å². The first-order valence-corrected chi connectivity index (χ1v) is 7.86. The second-order valence-corrected chi connectivity index (χ2v) is 6.36. The van der Waals surface area contributed by atoms with Gasteiger partial charge in [-0.1, -0.05) is 11.6 Å². The van der Waals surface area contributed by atoms with E-state index in [0.29, 0.717) is 0 Å². The van der Waals surface area contributed by atoms with Crippen molar-refractivity contribution in [3.05, 3.63) is 58.9 Å². The number of nitrogens with one attached hydrogen (secondary N) is 1. The number of carbonyl (C=O) groups is 1. The molecule has 0 aromatic heterocycles. The number of benzene rings is 2. The van der Waals surface area contributed by atoms with E-state index in [-0.39, 0.29) is 21.2 Å². The van der Waals surface area contributed by atoms with Gasteiger partial charge >= 0.3 is 5.97 Å². The Morgan fingerprint density at radius 2 is 1.82 bits per heavy atom. The van der Waals surface area contributed by atoms with Gasteiger partial charge in [0.15, 0.2) is 0 Å². The summed E-state index contributed by atoms with van der Waals surface area (Å²) in [5.41, 5.74) is -0.0127. The predicted molar refractivity (Wildman–Crippen MR) is 80.0 cm³/mol. The molecule has 0 atom stereocenters. The van der Waals surface area contributed by atoms with E-state index in [1.165, 1.54) is 25.3 Å². The molecule has 0 aliphatic rings. The van der Waals surface area contributed by atoms with Gasteiger partial charge in [-0.25, -0.2) is 17.6 Å². The van der Waals surface area contributed by atoms with Gasteiger partial charge in [0.1, 0.15) is 5.82 Å². The normalized spacial score (nSPS) is 11.0. The lowest BCUT2D eigenvalue weighted by Gasteiger charge is -2.12. The fraction of sp³-hybridized carbons (Fsp3) is 0.0714. The number of hydrogen-bond donors (Lipinski definition) is 1. The minimum absolute atomic E-state index is 0.0117. The molecule has 2 rings (SSSR count). The number of anilines is 1. The molecule has 116 valence electrons. The number of ether oxygens (including phenoxy) is 1. The summed E-state index contributed by atoms with van der Waals surface area (Å²) in [4.78, 5) is 11.5. The van der Waals surface area contributed by atoms with E-state index < -0.39 is 21.8 Å². The van der Waals surface area contributed by atoms with Crippen LogP contribution in [0.4, 0.5) is 10.1 Å². The van der Waals surface area contributed by atoms with Crippen LogP contribution in [0, 0.1) is 5.82 Å². The first-order chi connectivity index (χ1) is 10.3. The lowest BCUT2D eigenvalue weighted by atomic mass is 10.2. The molecule has 2 aromatic rings. The van der Waals surface area contributed by atoms with Crippen LogP contribution in [0.2, 0.25) is 5.02 Å². The van der Waals surface area contributed by atoms with Crippen LogP contribution < -0.4 is 4.72 Å². The lowest BCUT2D eigenvalue weighted by molar-refractivity contribution is 0.0602. The number of hydrogen-bond acceptors (Lipinski definition) is 4. The minimum Gasteiger partial charge on any atom is -0.465 e. The SMILES string of the molecule is COC(=O)c1ccc(Cl)cc1NS(=O)(=O)c1ccc(F)cc1. The Bertz CT molecular complexity index is 806. The Hall–Kier alpha value is -2.12. The van der Waals surface area contributed by atoms with Gasteiger partial charge < -0.3 is 4.74 Å². The highest BCUT2D eigenvalue weighted by Crippen LogP contribution is 2.25. The highest BCUT2D eigenvalue weighted by atomic mass is 35.5. The summed E-state index contributed by atoms with van der Waals surface area (Å²) >= 11 is 5.82. The van der Waals surface area contributed by atoms with Crippen LogP contribution in [0.15, 0.2) is 47.4 Å². The highest BCUT2D eigenvalue weighted by molar-refractivity contribution is 7.92. The topological polar surface area (TPSA) is 72.5 Å². The summed E-state index contributed by atoms with van der Waals surface area (Å²) in [6.07, 6.45) is 0. The molecule has 0 amide bonds. The quantitative estimate of drug-likeness (QED) is 0.866. The van der Waals surface area contributed by atoms with E-state index in [0.717, 1.165) is 24.3 Å². The fourth-order valence-corrected chi connectivity index (χ4v) is 2.95. The van der Waals surface area contributed by atoms with Crippen LogP contribution in [0.3, 0.4) is 0 Å². The van der Waals surface area contributed by atoms with Crippen molar-refractivity contribution in [3.63, 3.8) is 0 Å². The Balaban J connectivity index is 2.43. The number of rotatable bonds is 4. The lowest BCUT2D eigenvalue weighted by Crippen LogP contribution is -2.16. The molecule has 0 bridgehead atoms. The van der Waals surface area contributed by atoms with Crippen molar-refractivity contribution >= 4 is 33.3 Å². The maximum Gasteiger partial charge on any atom is 0.339 e. The molecule has 0 saturated carbocycles. The zero-order chi connectivity index (χ0) is 16.3. The average molecular weight is 344 g/mol. The van der Waals surface area contributed by atoms with Crippen LogP contribution in [-0.4, -0.2) is 21.5 Å². The van der Waals surface area contributed by atoms with Gasteiger partial charge in [0.25, 0.3) is 10.0 Å². The minimum atomic E-state index is -3.99. The molecule has 5 nitrogen and oxygen atoms in total. The monoisotopic (exact) mass is 343 g/mol. The molecule has 0 spiro atoms. The van der Waals surface area contributed by atoms with E-state index in [4.69, 9.17) is 11.6 Å². The molecule has 2 aromatic carbocycles. The zero-order valence-electron chi connectivity index (χ0n) is 11.3. The van der Waals surface area contributed by atoms with Crippen molar-refractivity contribution in [1.82, 2.24) is 0 Å². The highest BCUT2D eigenvalue weighted by Gasteiger charge is 2.19. The third-order valence-electron chi connectivity index (χ3n) is 2.76. The second-order valence-electron chi connectivity index (χ2n) is 4.24. The average Bonchev–Trinajstić information content (AvgIpc) is 2.46. The standard InChI is InChI=1S/C14H11ClFNO4S/c1-21-14(18)12-7-2-9(15)8-13(12)17-22(19,20)11-5-3-10(16)4-6-11/h2-8,17H,1H3. The molecule has 8 heteroatoms. The zero-order valence-corrected chi connectivity index (χ0v) is 12.9. The molecule has 0 unspecified atom stereocenters. The van der Waals surface area contributed by atoms with Gasteiger partial charge in [-0.2, -0.15) is 0 Å². The van der Waals surface area contributed by atoms with E-state index in [2.05, 4.69) is 9.46 Å². The maximum absolute atomic E-state index is 12.9. The largest absolute Gasteiger partial charge is 0.465 e. The van der Waals surface area contributed by atoms with Crippen LogP contribution in [0.25, 0.3) is 0 Å². The second kappa shape index (κ2) is 6.33. The fourth-order valence-electron chi connectivity index (χ4n) is 1.71. The third kappa shape index (κ3) is 3.55. The van der Waals surface area contributed by atoms with Crippen molar-refractivity contribution in [2.75, 3.05) is 11.8 Å². The molecule has 0 aliphatic heterocycles. The first kappa shape index (κ1) is 16.3. The van der Waals surface area contributed by atoms with E-state index in [1.807, 2.05) is 0 Å². The summed E-state index contributed by atoms with van der Waals surface area (Å²) in [6.45, 7) is 0. The number of halogens is 2. The number of sulfonamides is 1. The molecule has 0 heterocycles. The van der Waals surface area contributed by atoms with Gasteiger partial charge in [0, 0.05) is 5.02 Å². The predicted octanol–water partition coefficient (Wildman–Crippen LogP) is 3.07. The van der Waals surface area contributed by atoms with Crippen LogP contribution >= 0.6 is 11.6 Å². The van der Waals surface area contributed by atoms with Crippen molar-refractivity contribution < 1.29 is 22.3 Å². The van der Waals surface area contributed by atoms with Crippen LogP contribution in [-0.2, 0) is 14.8 Å². The Morgan fingerprint density at radius 1 is 1.18 bits per heavy atom. The van der Waals surface area contributed by atoms with E-state index in [9.17, 15) is 17.6 Å². The van der Waals surface area contributed by atoms with Crippen molar-refractivity contribution in [2.24, 2.45) is 0 Å². The Labute approximate surface area is 131 Å². The van der Waals surface area contributed by atoms with Gasteiger partial charge in [-0.05, 0) is 42.5 Å². The van der Waals surface area contributed by atoms with Crippen LogP contribution in [0.5, 0.6) is 0 Å². The van der Waals surface area contributed by atoms with Gasteiger partial charge in [-0.15, -0.1) is 0 Å². The maximum atomic E-state index is 12.9. The van der Waals surface area contributed by atoms with Gasteiger partial charge in [-0.3, -0.25) is 4.72 Å². The first-order valence-electron chi connectivity index (χ1n) is 6.00. The molecule has 22 heavy (non-hydrogen) atoms. The number of methoxy groups -OCH3 is 1. The molecular formula is C14H11ClFNO4S. The van der Waals surface area contributed by atoms with Crippen LogP contribution in [0.1, 0.15) is 10.4 Å². The number of esters is 1. The molecule has 1 N–H and O–H groups in total.